The van der Waals surface area contributed by atoms with Crippen molar-refractivity contribution in [3.8, 4) is 5.75 Å². The van der Waals surface area contributed by atoms with Crippen LogP contribution in [0.5, 0.6) is 5.75 Å². The number of amides is 2. The average molecular weight is 478 g/mol. The van der Waals surface area contributed by atoms with Crippen molar-refractivity contribution in [1.82, 2.24) is 9.88 Å². The van der Waals surface area contributed by atoms with Crippen LogP contribution in [0.4, 0.5) is 5.69 Å². The number of hydrogen-bond acceptors (Lipinski definition) is 4. The fourth-order valence-electron chi connectivity index (χ4n) is 4.02. The van der Waals surface area contributed by atoms with E-state index in [1.807, 2.05) is 53.4 Å². The highest BCUT2D eigenvalue weighted by Gasteiger charge is 2.41. The van der Waals surface area contributed by atoms with E-state index in [0.29, 0.717) is 36.0 Å². The number of ether oxygens (including phenoxy) is 1. The van der Waals surface area contributed by atoms with E-state index in [2.05, 4.69) is 4.98 Å². The fraction of sp³-hybridized carbons (Fsp3) is 0.296. The topological polar surface area (TPSA) is 62.7 Å². The van der Waals surface area contributed by atoms with E-state index in [1.54, 1.807) is 43.1 Å². The molecule has 0 radical (unpaired) electrons. The highest BCUT2D eigenvalue weighted by atomic mass is 35.5. The number of aromatic nitrogens is 1. The van der Waals surface area contributed by atoms with Gasteiger partial charge >= 0.3 is 0 Å². The minimum Gasteiger partial charge on any atom is -0.476 e. The van der Waals surface area contributed by atoms with Crippen LogP contribution in [0, 0.1) is 0 Å². The fourth-order valence-corrected chi connectivity index (χ4v) is 4.19. The molecule has 0 aliphatic carbocycles. The van der Waals surface area contributed by atoms with E-state index in [-0.39, 0.29) is 24.8 Å². The second-order valence-corrected chi connectivity index (χ2v) is 9.24. The third kappa shape index (κ3) is 5.57. The molecule has 34 heavy (non-hydrogen) atoms. The van der Waals surface area contributed by atoms with Crippen LogP contribution in [0.15, 0.2) is 72.9 Å². The molecule has 1 aromatic heterocycles. The van der Waals surface area contributed by atoms with Crippen LogP contribution in [0.1, 0.15) is 31.5 Å². The molecule has 6 nitrogen and oxygen atoms in total. The lowest BCUT2D eigenvalue weighted by Gasteiger charge is -2.39. The molecule has 0 saturated heterocycles. The van der Waals surface area contributed by atoms with Gasteiger partial charge in [0.2, 0.25) is 5.91 Å². The molecule has 2 amide bonds. The molecule has 1 aliphatic rings. The van der Waals surface area contributed by atoms with E-state index < -0.39 is 5.60 Å². The van der Waals surface area contributed by atoms with Crippen molar-refractivity contribution >= 4 is 29.1 Å². The number of anilines is 1. The van der Waals surface area contributed by atoms with E-state index in [9.17, 15) is 9.59 Å². The molecule has 0 unspecified atom stereocenters. The Morgan fingerprint density at radius 1 is 1.09 bits per heavy atom. The zero-order valence-corrected chi connectivity index (χ0v) is 20.2. The Morgan fingerprint density at radius 3 is 2.59 bits per heavy atom. The number of rotatable bonds is 8. The molecule has 7 heteroatoms. The van der Waals surface area contributed by atoms with Crippen LogP contribution < -0.4 is 9.64 Å². The maximum absolute atomic E-state index is 13.4. The predicted molar refractivity (Wildman–Crippen MR) is 133 cm³/mol. The van der Waals surface area contributed by atoms with Crippen LogP contribution >= 0.6 is 11.6 Å². The number of nitrogens with zero attached hydrogens (tertiary/aromatic N) is 3. The molecule has 0 bridgehead atoms. The summed E-state index contributed by atoms with van der Waals surface area (Å²) in [5.74, 6) is 0.358. The van der Waals surface area contributed by atoms with E-state index in [4.69, 9.17) is 16.3 Å². The lowest BCUT2D eigenvalue weighted by Crippen LogP contribution is -2.53. The molecule has 0 spiro atoms. The summed E-state index contributed by atoms with van der Waals surface area (Å²) in [6, 6.07) is 20.9. The summed E-state index contributed by atoms with van der Waals surface area (Å²) in [7, 11) is 0. The number of benzene rings is 2. The molecule has 2 aromatic carbocycles. The number of halogens is 1. The van der Waals surface area contributed by atoms with Crippen molar-refractivity contribution in [1.29, 1.82) is 0 Å². The second kappa shape index (κ2) is 10.3. The molecular formula is C27H28ClN3O3. The van der Waals surface area contributed by atoms with Crippen LogP contribution in [0.3, 0.4) is 0 Å². The number of hydrogen-bond donors (Lipinski definition) is 0. The first-order chi connectivity index (χ1) is 16.3. The Kier molecular flexibility index (Phi) is 7.17. The quantitative estimate of drug-likeness (QED) is 0.463. The molecule has 1 aliphatic heterocycles. The van der Waals surface area contributed by atoms with Crippen LogP contribution in [-0.4, -0.2) is 40.4 Å². The molecule has 0 saturated carbocycles. The zero-order chi connectivity index (χ0) is 24.1. The molecule has 0 atom stereocenters. The summed E-state index contributed by atoms with van der Waals surface area (Å²) in [4.78, 5) is 34.3. The highest BCUT2D eigenvalue weighted by Crippen LogP contribution is 2.39. The first-order valence-corrected chi connectivity index (χ1v) is 11.7. The summed E-state index contributed by atoms with van der Waals surface area (Å²) in [5, 5.41) is 0.507. The maximum atomic E-state index is 13.4. The van der Waals surface area contributed by atoms with Gasteiger partial charge in [-0.3, -0.25) is 14.6 Å². The summed E-state index contributed by atoms with van der Waals surface area (Å²) in [5.41, 5.74) is 1.55. The standard InChI is InChI=1S/C27H28ClN3O3/c1-27(2)26(33)31(23-18-21(28)11-12-24(23)34-27)17-14-25(32)30(19-20-8-4-3-5-9-20)16-13-22-10-6-7-15-29-22/h3-12,15,18H,13-14,16-17,19H2,1-2H3. The van der Waals surface area contributed by atoms with Crippen LogP contribution in [0.2, 0.25) is 5.02 Å². The SMILES string of the molecule is CC1(C)Oc2ccc(Cl)cc2N(CCC(=O)N(CCc2ccccn2)Cc2ccccc2)C1=O. The summed E-state index contributed by atoms with van der Waals surface area (Å²) >= 11 is 6.19. The minimum atomic E-state index is -1.02. The molecule has 0 fully saturated rings. The molecule has 2 heterocycles. The van der Waals surface area contributed by atoms with Gasteiger partial charge in [0.1, 0.15) is 5.75 Å². The Bertz CT molecular complexity index is 1150. The van der Waals surface area contributed by atoms with Crippen LogP contribution in [-0.2, 0) is 22.6 Å². The van der Waals surface area contributed by atoms with Gasteiger partial charge in [-0.15, -0.1) is 0 Å². The van der Waals surface area contributed by atoms with E-state index >= 15 is 0 Å². The van der Waals surface area contributed by atoms with Gasteiger partial charge in [-0.25, -0.2) is 0 Å². The molecule has 0 N–H and O–H groups in total. The zero-order valence-electron chi connectivity index (χ0n) is 19.4. The Labute approximate surface area is 205 Å². The van der Waals surface area contributed by atoms with Crippen molar-refractivity contribution in [2.24, 2.45) is 0 Å². The normalized spacial score (nSPS) is 14.3. The van der Waals surface area contributed by atoms with E-state index in [1.165, 1.54) is 0 Å². The van der Waals surface area contributed by atoms with Gasteiger partial charge in [0, 0.05) is 49.4 Å². The number of carbonyl (C=O) groups excluding carboxylic acids is 2. The summed E-state index contributed by atoms with van der Waals surface area (Å²) < 4.78 is 5.89. The third-order valence-corrected chi connectivity index (χ3v) is 6.05. The van der Waals surface area contributed by atoms with Gasteiger partial charge in [0.05, 0.1) is 5.69 Å². The molecule has 176 valence electrons. The van der Waals surface area contributed by atoms with Crippen molar-refractivity contribution in [2.75, 3.05) is 18.0 Å². The first kappa shape index (κ1) is 23.8. The Balaban J connectivity index is 1.50. The Morgan fingerprint density at radius 2 is 1.85 bits per heavy atom. The van der Waals surface area contributed by atoms with Crippen molar-refractivity contribution in [2.45, 2.75) is 38.8 Å². The van der Waals surface area contributed by atoms with Gasteiger partial charge < -0.3 is 14.5 Å². The smallest absolute Gasteiger partial charge is 0.270 e. The summed E-state index contributed by atoms with van der Waals surface area (Å²) in [6.07, 6.45) is 2.59. The third-order valence-electron chi connectivity index (χ3n) is 5.82. The minimum absolute atomic E-state index is 0.0274. The van der Waals surface area contributed by atoms with Gasteiger partial charge in [0.25, 0.3) is 5.91 Å². The maximum Gasteiger partial charge on any atom is 0.270 e. The lowest BCUT2D eigenvalue weighted by molar-refractivity contribution is -0.133. The van der Waals surface area contributed by atoms with Crippen molar-refractivity contribution in [3.05, 3.63) is 89.2 Å². The number of fused-ring (bicyclic) bond motifs is 1. The second-order valence-electron chi connectivity index (χ2n) is 8.80. The van der Waals surface area contributed by atoms with Gasteiger partial charge in [0.15, 0.2) is 5.60 Å². The largest absolute Gasteiger partial charge is 0.476 e. The van der Waals surface area contributed by atoms with Gasteiger partial charge in [-0.1, -0.05) is 48.0 Å². The van der Waals surface area contributed by atoms with Crippen molar-refractivity contribution < 1.29 is 14.3 Å². The van der Waals surface area contributed by atoms with Crippen molar-refractivity contribution in [3.63, 3.8) is 0 Å². The Hall–Kier alpha value is -3.38. The summed E-state index contributed by atoms with van der Waals surface area (Å²) in [6.45, 7) is 4.74. The molecular weight excluding hydrogens is 450 g/mol. The molecule has 3 aromatic rings. The average Bonchev–Trinajstić information content (AvgIpc) is 2.83. The highest BCUT2D eigenvalue weighted by molar-refractivity contribution is 6.31. The first-order valence-electron chi connectivity index (χ1n) is 11.4. The van der Waals surface area contributed by atoms with Gasteiger partial charge in [-0.2, -0.15) is 0 Å². The predicted octanol–water partition coefficient (Wildman–Crippen LogP) is 4.90. The number of carbonyl (C=O) groups is 2. The van der Waals surface area contributed by atoms with Gasteiger partial charge in [-0.05, 0) is 49.7 Å². The number of pyridine rings is 1. The van der Waals surface area contributed by atoms with E-state index in [0.717, 1.165) is 11.3 Å². The van der Waals surface area contributed by atoms with Crippen LogP contribution in [0.25, 0.3) is 0 Å². The molecule has 4 rings (SSSR count). The lowest BCUT2D eigenvalue weighted by atomic mass is 10.0. The monoisotopic (exact) mass is 477 g/mol.